The largest absolute Gasteiger partial charge is 0.481 e. The number of nitrogens with one attached hydrogen (secondary N) is 1. The average molecular weight is 234 g/mol. The maximum Gasteiger partial charge on any atom is 0.311 e. The normalized spacial score (nSPS) is 16.9. The molecule has 0 bridgehead atoms. The number of nitrogens with zero attached hydrogens (tertiary/aromatic N) is 5. The van der Waals surface area contributed by atoms with Gasteiger partial charge in [0, 0.05) is 6.20 Å². The number of tetrazole rings is 1. The van der Waals surface area contributed by atoms with Gasteiger partial charge in [0.2, 0.25) is 0 Å². The second-order valence-corrected chi connectivity index (χ2v) is 4.22. The highest BCUT2D eigenvalue weighted by molar-refractivity contribution is 5.77. The Balaban J connectivity index is 1.90. The SMILES string of the molecule is O=C(O)C1(Cn2nnnc2-c2ccn[nH]2)CC1. The van der Waals surface area contributed by atoms with Crippen LogP contribution >= 0.6 is 0 Å². The number of rotatable bonds is 4. The lowest BCUT2D eigenvalue weighted by molar-refractivity contribution is -0.144. The van der Waals surface area contributed by atoms with E-state index in [0.29, 0.717) is 30.9 Å². The minimum absolute atomic E-state index is 0.295. The Bertz CT molecular complexity index is 542. The molecular weight excluding hydrogens is 224 g/mol. The minimum Gasteiger partial charge on any atom is -0.481 e. The van der Waals surface area contributed by atoms with Gasteiger partial charge in [0.15, 0.2) is 5.82 Å². The number of aromatic amines is 1. The van der Waals surface area contributed by atoms with E-state index in [1.807, 2.05) is 0 Å². The van der Waals surface area contributed by atoms with Crippen LogP contribution in [0.4, 0.5) is 0 Å². The fourth-order valence-electron chi connectivity index (χ4n) is 1.76. The molecule has 17 heavy (non-hydrogen) atoms. The Morgan fingerprint density at radius 2 is 2.41 bits per heavy atom. The Morgan fingerprint density at radius 1 is 1.59 bits per heavy atom. The van der Waals surface area contributed by atoms with Crippen LogP contribution in [-0.2, 0) is 11.3 Å². The Hall–Kier alpha value is -2.25. The summed E-state index contributed by atoms with van der Waals surface area (Å²) in [6, 6.07) is 1.74. The fourth-order valence-corrected chi connectivity index (χ4v) is 1.76. The lowest BCUT2D eigenvalue weighted by atomic mass is 10.1. The monoisotopic (exact) mass is 234 g/mol. The molecule has 0 aliphatic heterocycles. The van der Waals surface area contributed by atoms with Crippen LogP contribution in [0, 0.1) is 5.41 Å². The zero-order valence-corrected chi connectivity index (χ0v) is 8.87. The summed E-state index contributed by atoms with van der Waals surface area (Å²) in [5.41, 5.74) is -0.0133. The molecule has 1 fully saturated rings. The first kappa shape index (κ1) is 9.94. The van der Waals surface area contributed by atoms with Crippen LogP contribution in [0.2, 0.25) is 0 Å². The molecule has 2 aromatic heterocycles. The van der Waals surface area contributed by atoms with Crippen molar-refractivity contribution >= 4 is 5.97 Å². The molecule has 1 aliphatic rings. The van der Waals surface area contributed by atoms with Gasteiger partial charge in [-0.2, -0.15) is 5.10 Å². The molecule has 0 saturated heterocycles. The van der Waals surface area contributed by atoms with Crippen LogP contribution in [0.3, 0.4) is 0 Å². The van der Waals surface area contributed by atoms with E-state index in [2.05, 4.69) is 25.7 Å². The number of aromatic nitrogens is 6. The lowest BCUT2D eigenvalue weighted by Gasteiger charge is -2.09. The molecule has 8 nitrogen and oxygen atoms in total. The zero-order valence-electron chi connectivity index (χ0n) is 8.87. The van der Waals surface area contributed by atoms with Crippen molar-refractivity contribution in [2.75, 3.05) is 0 Å². The smallest absolute Gasteiger partial charge is 0.311 e. The molecule has 2 aromatic rings. The average Bonchev–Trinajstić information content (AvgIpc) is 2.75. The van der Waals surface area contributed by atoms with Crippen molar-refractivity contribution in [3.05, 3.63) is 12.3 Å². The third-order valence-electron chi connectivity index (χ3n) is 3.03. The van der Waals surface area contributed by atoms with Gasteiger partial charge in [0.25, 0.3) is 0 Å². The quantitative estimate of drug-likeness (QED) is 0.766. The fraction of sp³-hybridized carbons (Fsp3) is 0.444. The first-order valence-corrected chi connectivity index (χ1v) is 5.21. The summed E-state index contributed by atoms with van der Waals surface area (Å²) in [5, 5.41) is 27.0. The number of carboxylic acid groups (broad SMARTS) is 1. The molecular formula is C9H10N6O2. The van der Waals surface area contributed by atoms with E-state index in [0.717, 1.165) is 0 Å². The predicted molar refractivity (Wildman–Crippen MR) is 54.7 cm³/mol. The highest BCUT2D eigenvalue weighted by atomic mass is 16.4. The molecule has 1 saturated carbocycles. The Kier molecular flexibility index (Phi) is 1.97. The third kappa shape index (κ3) is 1.57. The molecule has 3 rings (SSSR count). The molecule has 0 unspecified atom stereocenters. The number of carbonyl (C=O) groups is 1. The highest BCUT2D eigenvalue weighted by Gasteiger charge is 2.51. The molecule has 88 valence electrons. The van der Waals surface area contributed by atoms with Crippen molar-refractivity contribution in [2.45, 2.75) is 19.4 Å². The lowest BCUT2D eigenvalue weighted by Crippen LogP contribution is -2.22. The van der Waals surface area contributed by atoms with Gasteiger partial charge in [-0.1, -0.05) is 0 Å². The Morgan fingerprint density at radius 3 is 3.00 bits per heavy atom. The van der Waals surface area contributed by atoms with Gasteiger partial charge in [-0.05, 0) is 29.3 Å². The molecule has 0 aromatic carbocycles. The van der Waals surface area contributed by atoms with E-state index >= 15 is 0 Å². The molecule has 2 heterocycles. The van der Waals surface area contributed by atoms with E-state index in [1.54, 1.807) is 12.3 Å². The number of hydrogen-bond acceptors (Lipinski definition) is 5. The van der Waals surface area contributed by atoms with Gasteiger partial charge in [-0.15, -0.1) is 5.10 Å². The van der Waals surface area contributed by atoms with Crippen LogP contribution in [0.25, 0.3) is 11.5 Å². The van der Waals surface area contributed by atoms with E-state index in [9.17, 15) is 4.79 Å². The van der Waals surface area contributed by atoms with Gasteiger partial charge in [-0.3, -0.25) is 9.89 Å². The van der Waals surface area contributed by atoms with Gasteiger partial charge in [-0.25, -0.2) is 4.68 Å². The second-order valence-electron chi connectivity index (χ2n) is 4.22. The van der Waals surface area contributed by atoms with Gasteiger partial charge >= 0.3 is 5.97 Å². The molecule has 0 atom stereocenters. The maximum absolute atomic E-state index is 11.1. The van der Waals surface area contributed by atoms with Crippen LogP contribution in [0.15, 0.2) is 12.3 Å². The van der Waals surface area contributed by atoms with Crippen LogP contribution in [-0.4, -0.2) is 41.5 Å². The molecule has 2 N–H and O–H groups in total. The summed E-state index contributed by atoms with van der Waals surface area (Å²) in [4.78, 5) is 11.1. The van der Waals surface area contributed by atoms with Crippen LogP contribution < -0.4 is 0 Å². The number of aliphatic carboxylic acids is 1. The topological polar surface area (TPSA) is 110 Å². The van der Waals surface area contributed by atoms with E-state index < -0.39 is 11.4 Å². The van der Waals surface area contributed by atoms with Gasteiger partial charge in [0.1, 0.15) is 5.69 Å². The third-order valence-corrected chi connectivity index (χ3v) is 3.03. The van der Waals surface area contributed by atoms with Crippen molar-refractivity contribution in [2.24, 2.45) is 5.41 Å². The first-order valence-electron chi connectivity index (χ1n) is 5.21. The van der Waals surface area contributed by atoms with Crippen LogP contribution in [0.5, 0.6) is 0 Å². The van der Waals surface area contributed by atoms with Crippen molar-refractivity contribution in [1.82, 2.24) is 30.4 Å². The van der Waals surface area contributed by atoms with E-state index in [-0.39, 0.29) is 0 Å². The van der Waals surface area contributed by atoms with E-state index in [1.165, 1.54) is 4.68 Å². The van der Waals surface area contributed by atoms with Crippen molar-refractivity contribution in [3.8, 4) is 11.5 Å². The standard InChI is InChI=1S/C9H10N6O2/c16-8(17)9(2-3-9)5-15-7(12-13-14-15)6-1-4-10-11-6/h1,4H,2-3,5H2,(H,10,11)(H,16,17). The second kappa shape index (κ2) is 3.37. The van der Waals surface area contributed by atoms with Crippen LogP contribution in [0.1, 0.15) is 12.8 Å². The summed E-state index contributed by atoms with van der Waals surface area (Å²) in [7, 11) is 0. The summed E-state index contributed by atoms with van der Waals surface area (Å²) < 4.78 is 1.51. The van der Waals surface area contributed by atoms with Crippen molar-refractivity contribution in [1.29, 1.82) is 0 Å². The number of hydrogen-bond donors (Lipinski definition) is 2. The van der Waals surface area contributed by atoms with Gasteiger partial charge in [0.05, 0.1) is 12.0 Å². The van der Waals surface area contributed by atoms with Crippen molar-refractivity contribution in [3.63, 3.8) is 0 Å². The molecule has 0 spiro atoms. The first-order chi connectivity index (χ1) is 8.21. The molecule has 8 heteroatoms. The predicted octanol–water partition coefficient (Wildman–Crippen LogP) is -0.0720. The van der Waals surface area contributed by atoms with Gasteiger partial charge < -0.3 is 5.11 Å². The molecule has 0 radical (unpaired) electrons. The Labute approximate surface area is 95.6 Å². The minimum atomic E-state index is -0.788. The maximum atomic E-state index is 11.1. The highest BCUT2D eigenvalue weighted by Crippen LogP contribution is 2.47. The summed E-state index contributed by atoms with van der Waals surface area (Å²) >= 11 is 0. The summed E-state index contributed by atoms with van der Waals surface area (Å²) in [6.07, 6.45) is 2.94. The summed E-state index contributed by atoms with van der Waals surface area (Å²) in [5.74, 6) is -0.279. The molecule has 0 amide bonds. The molecule has 1 aliphatic carbocycles. The number of carboxylic acids is 1. The van der Waals surface area contributed by atoms with Crippen molar-refractivity contribution < 1.29 is 9.90 Å². The number of H-pyrrole nitrogens is 1. The summed E-state index contributed by atoms with van der Waals surface area (Å²) in [6.45, 7) is 0.295. The zero-order chi connectivity index (χ0) is 11.9. The van der Waals surface area contributed by atoms with E-state index in [4.69, 9.17) is 5.11 Å².